The van der Waals surface area contributed by atoms with Crippen LogP contribution in [0.5, 0.6) is 0 Å². The van der Waals surface area contributed by atoms with E-state index in [2.05, 4.69) is 84.0 Å². The topological polar surface area (TPSA) is 171 Å². The van der Waals surface area contributed by atoms with Gasteiger partial charge in [0, 0.05) is 101 Å². The third-order valence-electron chi connectivity index (χ3n) is 11.6. The summed E-state index contributed by atoms with van der Waals surface area (Å²) in [5.74, 6) is 0. The normalized spacial score (nSPS) is 9.98. The van der Waals surface area contributed by atoms with Crippen LogP contribution in [0.4, 0.5) is 0 Å². The molecule has 13 heterocycles. The molecule has 17 aromatic rings. The van der Waals surface area contributed by atoms with E-state index in [-0.39, 0.29) is 0 Å². The molecule has 394 valence electrons. The Hall–Kier alpha value is -11.6. The van der Waals surface area contributed by atoms with Crippen molar-refractivity contribution in [3.63, 3.8) is 0 Å². The lowest BCUT2D eigenvalue weighted by molar-refractivity contribution is 0.456. The number of hydrogen-bond donors (Lipinski definition) is 1. The highest BCUT2D eigenvalue weighted by atomic mass is 16.5. The van der Waals surface area contributed by atoms with Crippen molar-refractivity contribution in [2.24, 2.45) is 0 Å². The summed E-state index contributed by atoms with van der Waals surface area (Å²) in [5.41, 5.74) is 7.41. The average molecular weight is 1060 g/mol. The minimum absolute atomic E-state index is 0.845. The molecule has 17 rings (SSSR count). The summed E-state index contributed by atoms with van der Waals surface area (Å²) in [5, 5.41) is 21.3. The van der Waals surface area contributed by atoms with Gasteiger partial charge < -0.3 is 13.3 Å². The third-order valence-corrected chi connectivity index (χ3v) is 11.6. The van der Waals surface area contributed by atoms with E-state index in [0.717, 1.165) is 54.7 Å². The van der Waals surface area contributed by atoms with E-state index in [9.17, 15) is 0 Å². The summed E-state index contributed by atoms with van der Waals surface area (Å²) in [4.78, 5) is 27.8. The third kappa shape index (κ3) is 17.0. The van der Waals surface area contributed by atoms with E-state index in [1.54, 1.807) is 56.0 Å². The van der Waals surface area contributed by atoms with Gasteiger partial charge in [-0.1, -0.05) is 108 Å². The molecule has 0 saturated carbocycles. The number of para-hydroxylation sites is 3. The van der Waals surface area contributed by atoms with Crippen LogP contribution in [0.25, 0.3) is 71.0 Å². The maximum absolute atomic E-state index is 4.87. The minimum Gasteiger partial charge on any atom is -0.356 e. The SMILES string of the molecule is c1ccc2[nH]ncc2c1.c1ccc2cnccc2c1.c1ccc2ncncc2c1.c1ccc2oncc2c1.c1ccn2cccc2c1.c1ccn2cncc2c1.c1ccn2nccc2c1.c1ccncc1.c1cnc2cnccc2c1. The first-order chi connectivity index (χ1) is 40.2. The lowest BCUT2D eigenvalue weighted by atomic mass is 10.2. The number of fused-ring (bicyclic) bond motifs is 8. The lowest BCUT2D eigenvalue weighted by Gasteiger charge is -1.91. The first-order valence-electron chi connectivity index (χ1n) is 25.6. The van der Waals surface area contributed by atoms with Crippen molar-refractivity contribution < 1.29 is 4.52 Å². The number of imidazole rings is 1. The molecule has 0 atom stereocenters. The van der Waals surface area contributed by atoms with E-state index in [0.29, 0.717) is 0 Å². The Labute approximate surface area is 466 Å². The first-order valence-corrected chi connectivity index (χ1v) is 25.6. The molecule has 0 saturated heterocycles. The molecule has 81 heavy (non-hydrogen) atoms. The van der Waals surface area contributed by atoms with Gasteiger partial charge in [-0.3, -0.25) is 25.0 Å². The van der Waals surface area contributed by atoms with Gasteiger partial charge in [0.2, 0.25) is 0 Å². The van der Waals surface area contributed by atoms with E-state index in [1.807, 2.05) is 253 Å². The van der Waals surface area contributed by atoms with Crippen LogP contribution in [0.1, 0.15) is 0 Å². The molecule has 15 heteroatoms. The average Bonchev–Trinajstić information content (AvgIpc) is 4.45. The Morgan fingerprint density at radius 3 is 1.73 bits per heavy atom. The van der Waals surface area contributed by atoms with Gasteiger partial charge in [0.15, 0.2) is 5.58 Å². The van der Waals surface area contributed by atoms with Crippen molar-refractivity contribution in [3.8, 4) is 0 Å². The number of H-pyrrole nitrogens is 1. The standard InChI is InChI=1S/C9H7N.2C8H6N2.C8H7N.3C7H6N2.C7H5NO.C5H5N/c1-2-4-9-7-10-6-5-8(9)3-1;1-2-7-3-5-9-6-8(7)10-4-1;1-2-4-8-7(3-1)5-9-6-10-8;1-2-6-9-7-3-5-8(9)4-1;1-2-6-9-7(3-1)4-5-8-9;1-2-4-9-6-8-5-7(9)3-1;2*1-2-4-7-6(3-1)5-8-9-7;1-2-4-6-5-3-1/h1-7H;2*1-6H;1-7H;2*1-6H;1-5H,(H,8,9);1-5H;1-5H. The van der Waals surface area contributed by atoms with Crippen LogP contribution < -0.4 is 0 Å². The fourth-order valence-electron chi connectivity index (χ4n) is 7.58. The number of aromatic amines is 1. The smallest absolute Gasteiger partial charge is 0.166 e. The zero-order valence-corrected chi connectivity index (χ0v) is 43.8. The maximum atomic E-state index is 4.87. The van der Waals surface area contributed by atoms with Crippen molar-refractivity contribution in [2.45, 2.75) is 0 Å². The van der Waals surface area contributed by atoms with Crippen LogP contribution in [-0.4, -0.2) is 68.7 Å². The Kier molecular flexibility index (Phi) is 20.2. The van der Waals surface area contributed by atoms with Crippen LogP contribution in [0.15, 0.2) is 329 Å². The molecule has 0 aliphatic heterocycles. The van der Waals surface area contributed by atoms with Gasteiger partial charge in [0.25, 0.3) is 0 Å². The van der Waals surface area contributed by atoms with Gasteiger partial charge in [-0.2, -0.15) is 10.2 Å². The molecule has 0 aliphatic rings. The molecule has 13 aromatic heterocycles. The second kappa shape index (κ2) is 30.2. The van der Waals surface area contributed by atoms with Crippen molar-refractivity contribution in [3.05, 3.63) is 324 Å². The molecule has 0 aliphatic carbocycles. The molecule has 1 N–H and O–H groups in total. The van der Waals surface area contributed by atoms with Gasteiger partial charge in [-0.15, -0.1) is 0 Å². The van der Waals surface area contributed by atoms with Crippen LogP contribution in [0.2, 0.25) is 0 Å². The second-order valence-electron chi connectivity index (χ2n) is 17.1. The summed E-state index contributed by atoms with van der Waals surface area (Å²) in [7, 11) is 0. The highest BCUT2D eigenvalue weighted by molar-refractivity contribution is 5.81. The van der Waals surface area contributed by atoms with Crippen LogP contribution in [0.3, 0.4) is 0 Å². The maximum Gasteiger partial charge on any atom is 0.166 e. The number of hydrogen-bond acceptors (Lipinski definition) is 11. The number of rotatable bonds is 0. The molecule has 0 radical (unpaired) electrons. The van der Waals surface area contributed by atoms with Crippen LogP contribution in [-0.2, 0) is 0 Å². The van der Waals surface area contributed by atoms with Gasteiger partial charge in [0.1, 0.15) is 6.33 Å². The second-order valence-corrected chi connectivity index (χ2v) is 17.1. The van der Waals surface area contributed by atoms with Gasteiger partial charge in [-0.25, -0.2) is 19.5 Å². The fraction of sp³-hybridized carbons (Fsp3) is 0. The summed E-state index contributed by atoms with van der Waals surface area (Å²) in [6.45, 7) is 0. The fourth-order valence-corrected chi connectivity index (χ4v) is 7.58. The molecule has 15 nitrogen and oxygen atoms in total. The Morgan fingerprint density at radius 1 is 0.333 bits per heavy atom. The van der Waals surface area contributed by atoms with Gasteiger partial charge >= 0.3 is 0 Å². The predicted octanol–water partition coefficient (Wildman–Crippen LogP) is 14.6. The lowest BCUT2D eigenvalue weighted by Crippen LogP contribution is -1.81. The molecule has 0 amide bonds. The quantitative estimate of drug-likeness (QED) is 0.153. The molecule has 4 aromatic carbocycles. The monoisotopic (exact) mass is 1060 g/mol. The van der Waals surface area contributed by atoms with Crippen molar-refractivity contribution in [1.82, 2.24) is 68.7 Å². The molecule has 0 unspecified atom stereocenters. The predicted molar refractivity (Wildman–Crippen MR) is 323 cm³/mol. The number of benzene rings is 4. The van der Waals surface area contributed by atoms with Crippen LogP contribution >= 0.6 is 0 Å². The molecule has 0 spiro atoms. The summed E-state index contributed by atoms with van der Waals surface area (Å²) in [6, 6.07) is 69.7. The van der Waals surface area contributed by atoms with Crippen LogP contribution in [0, 0.1) is 0 Å². The van der Waals surface area contributed by atoms with Gasteiger partial charge in [0.05, 0.1) is 58.7 Å². The molecule has 0 bridgehead atoms. The first kappa shape index (κ1) is 54.2. The highest BCUT2D eigenvalue weighted by Gasteiger charge is 1.93. The van der Waals surface area contributed by atoms with E-state index < -0.39 is 0 Å². The van der Waals surface area contributed by atoms with Crippen molar-refractivity contribution >= 4 is 71.0 Å². The Morgan fingerprint density at radius 2 is 0.988 bits per heavy atom. The summed E-state index contributed by atoms with van der Waals surface area (Å²) in [6.07, 6.45) is 32.7. The number of aromatic nitrogens is 14. The van der Waals surface area contributed by atoms with Gasteiger partial charge in [-0.05, 0) is 120 Å². The molecule has 0 fully saturated rings. The van der Waals surface area contributed by atoms with E-state index >= 15 is 0 Å². The van der Waals surface area contributed by atoms with Crippen molar-refractivity contribution in [1.29, 1.82) is 0 Å². The highest BCUT2D eigenvalue weighted by Crippen LogP contribution is 2.12. The van der Waals surface area contributed by atoms with Crippen molar-refractivity contribution in [2.75, 3.05) is 0 Å². The molecular formula is C66H54N14O. The number of nitrogens with one attached hydrogen (secondary N) is 1. The molecular weight excluding hydrogens is 1000 g/mol. The summed E-state index contributed by atoms with van der Waals surface area (Å²) < 4.78 is 10.8. The largest absolute Gasteiger partial charge is 0.356 e. The zero-order valence-electron chi connectivity index (χ0n) is 43.8. The van der Waals surface area contributed by atoms with E-state index in [4.69, 9.17) is 4.52 Å². The minimum atomic E-state index is 0.845. The Balaban J connectivity index is 0.000000110. The number of nitrogens with zero attached hydrogens (tertiary/aromatic N) is 13. The van der Waals surface area contributed by atoms with E-state index in [1.165, 1.54) is 16.3 Å². The zero-order chi connectivity index (χ0) is 55.2. The summed E-state index contributed by atoms with van der Waals surface area (Å²) >= 11 is 0. The Bertz CT molecular complexity index is 3570. The number of pyridine rings is 7.